The van der Waals surface area contributed by atoms with Crippen LogP contribution >= 0.6 is 0 Å². The summed E-state index contributed by atoms with van der Waals surface area (Å²) in [5.41, 5.74) is 0.231. The third-order valence-electron chi connectivity index (χ3n) is 2.70. The molecule has 0 aliphatic carbocycles. The highest BCUT2D eigenvalue weighted by molar-refractivity contribution is 6.00. The topological polar surface area (TPSA) is 52.6 Å². The number of allylic oxidation sites excluding steroid dienone is 3. The van der Waals surface area contributed by atoms with Gasteiger partial charge in [-0.25, -0.2) is 0 Å². The van der Waals surface area contributed by atoms with E-state index < -0.39 is 17.4 Å². The fourth-order valence-electron chi connectivity index (χ4n) is 1.58. The van der Waals surface area contributed by atoms with Gasteiger partial charge < -0.3 is 9.47 Å². The zero-order chi connectivity index (χ0) is 15.8. The van der Waals surface area contributed by atoms with Crippen molar-refractivity contribution in [2.24, 2.45) is 5.41 Å². The fourth-order valence-corrected chi connectivity index (χ4v) is 1.58. The summed E-state index contributed by atoms with van der Waals surface area (Å²) >= 11 is 0. The van der Waals surface area contributed by atoms with Gasteiger partial charge in [-0.2, -0.15) is 0 Å². The summed E-state index contributed by atoms with van der Waals surface area (Å²) < 4.78 is 9.54. The summed E-state index contributed by atoms with van der Waals surface area (Å²) in [4.78, 5) is 24.2. The Hall–Kier alpha value is -2.02. The molecule has 0 aromatic carbocycles. The first-order valence-electron chi connectivity index (χ1n) is 6.24. The first-order valence-corrected chi connectivity index (χ1v) is 6.24. The quantitative estimate of drug-likeness (QED) is 0.336. The minimum Gasteiger partial charge on any atom is -0.468 e. The van der Waals surface area contributed by atoms with Crippen molar-refractivity contribution < 1.29 is 19.1 Å². The van der Waals surface area contributed by atoms with Crippen LogP contribution in [-0.4, -0.2) is 26.2 Å². The monoisotopic (exact) mass is 278 g/mol. The zero-order valence-corrected chi connectivity index (χ0v) is 12.8. The lowest BCUT2D eigenvalue weighted by molar-refractivity contribution is -0.168. The Kier molecular flexibility index (Phi) is 7.38. The molecule has 0 saturated carbocycles. The molecule has 0 aromatic rings. The summed E-state index contributed by atoms with van der Waals surface area (Å²) in [6, 6.07) is 0. The predicted molar refractivity (Wildman–Crippen MR) is 77.7 cm³/mol. The lowest BCUT2D eigenvalue weighted by Gasteiger charge is -2.25. The Morgan fingerprint density at radius 2 is 1.65 bits per heavy atom. The lowest BCUT2D eigenvalue weighted by Crippen LogP contribution is -2.40. The lowest BCUT2D eigenvalue weighted by atomic mass is 9.80. The SMILES string of the molecule is C=C(C)C#CCC(CC=C(C)C)(C(=O)OC)C(=O)OC. The van der Waals surface area contributed by atoms with Gasteiger partial charge in [0, 0.05) is 6.42 Å². The zero-order valence-electron chi connectivity index (χ0n) is 12.8. The average molecular weight is 278 g/mol. The van der Waals surface area contributed by atoms with Gasteiger partial charge in [0.2, 0.25) is 0 Å². The van der Waals surface area contributed by atoms with Gasteiger partial charge in [-0.3, -0.25) is 9.59 Å². The molecule has 0 radical (unpaired) electrons. The van der Waals surface area contributed by atoms with Crippen molar-refractivity contribution in [2.75, 3.05) is 14.2 Å². The van der Waals surface area contributed by atoms with E-state index in [2.05, 4.69) is 18.4 Å². The average Bonchev–Trinajstić information content (AvgIpc) is 2.40. The molecular formula is C16H22O4. The molecular weight excluding hydrogens is 256 g/mol. The van der Waals surface area contributed by atoms with Gasteiger partial charge in [0.15, 0.2) is 5.41 Å². The minimum atomic E-state index is -1.43. The van der Waals surface area contributed by atoms with E-state index in [4.69, 9.17) is 9.47 Å². The number of carbonyl (C=O) groups is 2. The number of esters is 2. The van der Waals surface area contributed by atoms with Crippen LogP contribution in [0.25, 0.3) is 0 Å². The van der Waals surface area contributed by atoms with E-state index in [9.17, 15) is 9.59 Å². The molecule has 20 heavy (non-hydrogen) atoms. The molecule has 0 spiro atoms. The number of rotatable bonds is 5. The molecule has 0 bridgehead atoms. The molecule has 0 saturated heterocycles. The normalized spacial score (nSPS) is 9.85. The minimum absolute atomic E-state index is 0.0307. The summed E-state index contributed by atoms with van der Waals surface area (Å²) in [6.45, 7) is 9.19. The van der Waals surface area contributed by atoms with Crippen molar-refractivity contribution in [1.29, 1.82) is 0 Å². The van der Waals surface area contributed by atoms with Crippen LogP contribution in [0.4, 0.5) is 0 Å². The van der Waals surface area contributed by atoms with Crippen LogP contribution in [0.1, 0.15) is 33.6 Å². The van der Waals surface area contributed by atoms with Gasteiger partial charge in [0.1, 0.15) is 0 Å². The van der Waals surface area contributed by atoms with Crippen LogP contribution in [0, 0.1) is 17.3 Å². The van der Waals surface area contributed by atoms with Gasteiger partial charge >= 0.3 is 11.9 Å². The molecule has 0 aliphatic heterocycles. The smallest absolute Gasteiger partial charge is 0.324 e. The second-order valence-corrected chi connectivity index (χ2v) is 4.81. The molecule has 0 heterocycles. The van der Waals surface area contributed by atoms with E-state index in [0.29, 0.717) is 5.57 Å². The fraction of sp³-hybridized carbons (Fsp3) is 0.500. The Morgan fingerprint density at radius 1 is 1.15 bits per heavy atom. The Balaban J connectivity index is 5.61. The van der Waals surface area contributed by atoms with E-state index in [1.807, 2.05) is 13.8 Å². The second-order valence-electron chi connectivity index (χ2n) is 4.81. The van der Waals surface area contributed by atoms with E-state index in [1.165, 1.54) is 14.2 Å². The molecule has 0 N–H and O–H groups in total. The Morgan fingerprint density at radius 3 is 2.00 bits per heavy atom. The summed E-state index contributed by atoms with van der Waals surface area (Å²) in [7, 11) is 2.49. The molecule has 0 unspecified atom stereocenters. The molecule has 110 valence electrons. The maximum Gasteiger partial charge on any atom is 0.324 e. The van der Waals surface area contributed by atoms with Gasteiger partial charge in [-0.05, 0) is 32.8 Å². The first kappa shape index (κ1) is 18.0. The van der Waals surface area contributed by atoms with Crippen LogP contribution < -0.4 is 0 Å². The molecule has 0 aromatic heterocycles. The predicted octanol–water partition coefficient (Wildman–Crippen LogP) is 2.64. The van der Waals surface area contributed by atoms with Gasteiger partial charge in [0.05, 0.1) is 14.2 Å². The van der Waals surface area contributed by atoms with Crippen LogP contribution in [0.15, 0.2) is 23.8 Å². The van der Waals surface area contributed by atoms with E-state index in [0.717, 1.165) is 5.57 Å². The second kappa shape index (κ2) is 8.21. The van der Waals surface area contributed by atoms with Crippen molar-refractivity contribution >= 4 is 11.9 Å². The largest absolute Gasteiger partial charge is 0.468 e. The molecule has 0 fully saturated rings. The van der Waals surface area contributed by atoms with E-state index in [-0.39, 0.29) is 12.8 Å². The highest BCUT2D eigenvalue weighted by Gasteiger charge is 2.47. The van der Waals surface area contributed by atoms with Crippen molar-refractivity contribution in [1.82, 2.24) is 0 Å². The molecule has 4 heteroatoms. The van der Waals surface area contributed by atoms with Gasteiger partial charge in [0.25, 0.3) is 0 Å². The van der Waals surface area contributed by atoms with Crippen molar-refractivity contribution in [3.05, 3.63) is 23.8 Å². The van der Waals surface area contributed by atoms with Gasteiger partial charge in [-0.15, -0.1) is 0 Å². The molecule has 0 atom stereocenters. The van der Waals surface area contributed by atoms with Crippen molar-refractivity contribution in [2.45, 2.75) is 33.6 Å². The number of ether oxygens (including phenoxy) is 2. The van der Waals surface area contributed by atoms with E-state index >= 15 is 0 Å². The van der Waals surface area contributed by atoms with Crippen LogP contribution in [0.3, 0.4) is 0 Å². The maximum absolute atomic E-state index is 12.1. The van der Waals surface area contributed by atoms with Crippen LogP contribution in [0.2, 0.25) is 0 Å². The first-order chi connectivity index (χ1) is 9.30. The summed E-state index contributed by atoms with van der Waals surface area (Å²) in [5.74, 6) is 4.28. The van der Waals surface area contributed by atoms with Crippen LogP contribution in [-0.2, 0) is 19.1 Å². The highest BCUT2D eigenvalue weighted by Crippen LogP contribution is 2.31. The molecule has 4 nitrogen and oxygen atoms in total. The van der Waals surface area contributed by atoms with Crippen LogP contribution in [0.5, 0.6) is 0 Å². The van der Waals surface area contributed by atoms with Crippen molar-refractivity contribution in [3.63, 3.8) is 0 Å². The Bertz CT molecular complexity index is 454. The maximum atomic E-state index is 12.1. The molecule has 0 amide bonds. The summed E-state index contributed by atoms with van der Waals surface area (Å²) in [6.07, 6.45) is 2.03. The molecule has 0 aliphatic rings. The molecule has 0 rings (SSSR count). The number of hydrogen-bond acceptors (Lipinski definition) is 4. The van der Waals surface area contributed by atoms with E-state index in [1.54, 1.807) is 13.0 Å². The Labute approximate surface area is 120 Å². The third-order valence-corrected chi connectivity index (χ3v) is 2.70. The third kappa shape index (κ3) is 4.93. The number of hydrogen-bond donors (Lipinski definition) is 0. The standard InChI is InChI=1S/C16H22O4/c1-12(2)8-7-10-16(14(17)19-5,15(18)20-6)11-9-13(3)4/h9H,1,10-11H2,2-6H3. The highest BCUT2D eigenvalue weighted by atomic mass is 16.5. The van der Waals surface area contributed by atoms with Gasteiger partial charge in [-0.1, -0.05) is 30.1 Å². The number of carbonyl (C=O) groups excluding carboxylic acids is 2. The van der Waals surface area contributed by atoms with Crippen molar-refractivity contribution in [3.8, 4) is 11.8 Å². The number of methoxy groups -OCH3 is 2. The summed E-state index contributed by atoms with van der Waals surface area (Å²) in [5, 5.41) is 0.